The van der Waals surface area contributed by atoms with Crippen LogP contribution in [0.4, 0.5) is 0 Å². The van der Waals surface area contributed by atoms with Crippen molar-refractivity contribution < 1.29 is 4.79 Å². The van der Waals surface area contributed by atoms with Crippen molar-refractivity contribution in [2.45, 2.75) is 40.2 Å². The average molecular weight is 398 g/mol. The molecule has 5 heteroatoms. The fraction of sp³-hybridized carbons (Fsp3) is 0.391. The number of aryl methyl sites for hydroxylation is 2. The monoisotopic (exact) mass is 397 g/mol. The molecule has 0 saturated heterocycles. The first-order valence-electron chi connectivity index (χ1n) is 9.88. The van der Waals surface area contributed by atoms with Gasteiger partial charge in [0.25, 0.3) is 5.91 Å². The van der Waals surface area contributed by atoms with Crippen LogP contribution >= 0.6 is 11.6 Å². The number of hydrogen-bond donors (Lipinski definition) is 0. The number of halogens is 1. The van der Waals surface area contributed by atoms with Gasteiger partial charge in [0.2, 0.25) is 0 Å². The third-order valence-electron chi connectivity index (χ3n) is 5.52. The predicted molar refractivity (Wildman–Crippen MR) is 116 cm³/mol. The summed E-state index contributed by atoms with van der Waals surface area (Å²) in [6.07, 6.45) is 0.663. The topological polar surface area (TPSA) is 35.9 Å². The molecule has 1 unspecified atom stereocenters. The lowest BCUT2D eigenvalue weighted by molar-refractivity contribution is -0.134. The first-order valence-corrected chi connectivity index (χ1v) is 10.3. The molecule has 1 atom stereocenters. The zero-order valence-corrected chi connectivity index (χ0v) is 17.8. The Hall–Kier alpha value is -2.17. The SMILES string of the molecule is CCN(CC)CC(=O)N1N=C(c2ccc(C)c(C)c2)CC1c1ccccc1Cl. The maximum absolute atomic E-state index is 13.1. The molecule has 2 aromatic rings. The van der Waals surface area contributed by atoms with E-state index in [4.69, 9.17) is 16.7 Å². The predicted octanol–water partition coefficient (Wildman–Crippen LogP) is 4.98. The fourth-order valence-corrected chi connectivity index (χ4v) is 3.80. The van der Waals surface area contributed by atoms with Gasteiger partial charge in [-0.1, -0.05) is 55.8 Å². The number of likely N-dealkylation sites (N-methyl/N-ethyl adjacent to an activating group) is 1. The number of carbonyl (C=O) groups excluding carboxylic acids is 1. The van der Waals surface area contributed by atoms with Crippen LogP contribution in [0.2, 0.25) is 5.02 Å². The fourth-order valence-electron chi connectivity index (χ4n) is 3.53. The second kappa shape index (κ2) is 8.89. The van der Waals surface area contributed by atoms with Gasteiger partial charge < -0.3 is 0 Å². The number of amides is 1. The van der Waals surface area contributed by atoms with E-state index in [1.54, 1.807) is 5.01 Å². The number of nitrogens with zero attached hydrogens (tertiary/aromatic N) is 3. The van der Waals surface area contributed by atoms with E-state index >= 15 is 0 Å². The van der Waals surface area contributed by atoms with Crippen LogP contribution in [0.25, 0.3) is 0 Å². The van der Waals surface area contributed by atoms with Crippen molar-refractivity contribution in [3.05, 3.63) is 69.7 Å². The Balaban J connectivity index is 1.96. The minimum atomic E-state index is -0.173. The van der Waals surface area contributed by atoms with E-state index in [1.165, 1.54) is 11.1 Å². The molecule has 0 bridgehead atoms. The van der Waals surface area contributed by atoms with Crippen LogP contribution in [-0.4, -0.2) is 41.2 Å². The van der Waals surface area contributed by atoms with Crippen LogP contribution in [0.3, 0.4) is 0 Å². The van der Waals surface area contributed by atoms with Crippen molar-refractivity contribution in [2.75, 3.05) is 19.6 Å². The van der Waals surface area contributed by atoms with E-state index in [2.05, 4.69) is 50.8 Å². The summed E-state index contributed by atoms with van der Waals surface area (Å²) in [7, 11) is 0. The molecule has 0 aliphatic carbocycles. The summed E-state index contributed by atoms with van der Waals surface area (Å²) in [5.74, 6) is 0.00690. The van der Waals surface area contributed by atoms with E-state index in [-0.39, 0.29) is 11.9 Å². The van der Waals surface area contributed by atoms with Crippen LogP contribution in [0.1, 0.15) is 48.6 Å². The highest BCUT2D eigenvalue weighted by molar-refractivity contribution is 6.31. The quantitative estimate of drug-likeness (QED) is 0.689. The van der Waals surface area contributed by atoms with Gasteiger partial charge in [0.1, 0.15) is 0 Å². The van der Waals surface area contributed by atoms with Crippen LogP contribution in [0.15, 0.2) is 47.6 Å². The van der Waals surface area contributed by atoms with Crippen LogP contribution in [0.5, 0.6) is 0 Å². The summed E-state index contributed by atoms with van der Waals surface area (Å²) in [5.41, 5.74) is 5.42. The minimum absolute atomic E-state index is 0.00690. The summed E-state index contributed by atoms with van der Waals surface area (Å²) in [4.78, 5) is 15.2. The Kier molecular flexibility index (Phi) is 6.53. The first-order chi connectivity index (χ1) is 13.4. The Bertz CT molecular complexity index is 889. The normalized spacial score (nSPS) is 16.6. The Morgan fingerprint density at radius 1 is 1.14 bits per heavy atom. The van der Waals surface area contributed by atoms with Gasteiger partial charge in [0, 0.05) is 11.4 Å². The zero-order valence-electron chi connectivity index (χ0n) is 17.1. The third kappa shape index (κ3) is 4.29. The molecule has 0 saturated carbocycles. The van der Waals surface area contributed by atoms with Crippen molar-refractivity contribution in [2.24, 2.45) is 5.10 Å². The van der Waals surface area contributed by atoms with E-state index in [9.17, 15) is 4.79 Å². The molecule has 1 aliphatic heterocycles. The van der Waals surface area contributed by atoms with Gasteiger partial charge in [-0.15, -0.1) is 0 Å². The smallest absolute Gasteiger partial charge is 0.257 e. The Morgan fingerprint density at radius 2 is 1.86 bits per heavy atom. The molecule has 2 aromatic carbocycles. The zero-order chi connectivity index (χ0) is 20.3. The Morgan fingerprint density at radius 3 is 2.50 bits per heavy atom. The standard InChI is InChI=1S/C23H28ClN3O/c1-5-26(6-2)15-23(28)27-22(19-9-7-8-10-20(19)24)14-21(25-27)18-12-11-16(3)17(4)13-18/h7-13,22H,5-6,14-15H2,1-4H3. The molecule has 0 aromatic heterocycles. The van der Waals surface area contributed by atoms with Crippen LogP contribution in [-0.2, 0) is 4.79 Å². The number of benzene rings is 2. The van der Waals surface area contributed by atoms with Gasteiger partial charge in [-0.05, 0) is 61.3 Å². The van der Waals surface area contributed by atoms with Gasteiger partial charge in [0.15, 0.2) is 0 Å². The maximum Gasteiger partial charge on any atom is 0.257 e. The summed E-state index contributed by atoms with van der Waals surface area (Å²) < 4.78 is 0. The molecule has 1 heterocycles. The number of carbonyl (C=O) groups is 1. The first kappa shape index (κ1) is 20.6. The highest BCUT2D eigenvalue weighted by Gasteiger charge is 2.34. The summed E-state index contributed by atoms with van der Waals surface area (Å²) >= 11 is 6.48. The summed E-state index contributed by atoms with van der Waals surface area (Å²) in [5, 5.41) is 7.08. The van der Waals surface area contributed by atoms with E-state index < -0.39 is 0 Å². The lowest BCUT2D eigenvalue weighted by Gasteiger charge is -2.26. The summed E-state index contributed by atoms with van der Waals surface area (Å²) in [6.45, 7) is 10.4. The lowest BCUT2D eigenvalue weighted by Crippen LogP contribution is -2.38. The Labute approximate surface area is 172 Å². The summed E-state index contributed by atoms with van der Waals surface area (Å²) in [6, 6.07) is 13.9. The van der Waals surface area contributed by atoms with Crippen LogP contribution < -0.4 is 0 Å². The van der Waals surface area contributed by atoms with Gasteiger partial charge in [0.05, 0.1) is 18.3 Å². The average Bonchev–Trinajstić information content (AvgIpc) is 3.13. The van der Waals surface area contributed by atoms with E-state index in [0.29, 0.717) is 18.0 Å². The number of hydrogen-bond acceptors (Lipinski definition) is 3. The van der Waals surface area contributed by atoms with Crippen molar-refractivity contribution in [1.82, 2.24) is 9.91 Å². The number of rotatable bonds is 6. The van der Waals surface area contributed by atoms with Gasteiger partial charge in [-0.2, -0.15) is 5.10 Å². The molecule has 0 N–H and O–H groups in total. The third-order valence-corrected chi connectivity index (χ3v) is 5.87. The van der Waals surface area contributed by atoms with Gasteiger partial charge >= 0.3 is 0 Å². The molecule has 4 nitrogen and oxygen atoms in total. The number of hydrazone groups is 1. The van der Waals surface area contributed by atoms with E-state index in [0.717, 1.165) is 29.9 Å². The molecule has 28 heavy (non-hydrogen) atoms. The maximum atomic E-state index is 13.1. The second-order valence-electron chi connectivity index (χ2n) is 7.29. The highest BCUT2D eigenvalue weighted by atomic mass is 35.5. The molecule has 3 rings (SSSR count). The van der Waals surface area contributed by atoms with E-state index in [1.807, 2.05) is 24.3 Å². The molecule has 0 spiro atoms. The second-order valence-corrected chi connectivity index (χ2v) is 7.69. The molecular weight excluding hydrogens is 370 g/mol. The van der Waals surface area contributed by atoms with Crippen molar-refractivity contribution in [3.8, 4) is 0 Å². The molecule has 148 valence electrons. The highest BCUT2D eigenvalue weighted by Crippen LogP contribution is 2.36. The largest absolute Gasteiger partial charge is 0.295 e. The minimum Gasteiger partial charge on any atom is -0.295 e. The lowest BCUT2D eigenvalue weighted by atomic mass is 9.96. The van der Waals surface area contributed by atoms with Gasteiger partial charge in [-0.25, -0.2) is 5.01 Å². The van der Waals surface area contributed by atoms with Crippen molar-refractivity contribution in [3.63, 3.8) is 0 Å². The molecule has 1 amide bonds. The molecule has 0 fully saturated rings. The molecule has 0 radical (unpaired) electrons. The van der Waals surface area contributed by atoms with Crippen molar-refractivity contribution in [1.29, 1.82) is 0 Å². The van der Waals surface area contributed by atoms with Crippen molar-refractivity contribution >= 4 is 23.2 Å². The molecule has 1 aliphatic rings. The molecular formula is C23H28ClN3O. The van der Waals surface area contributed by atoms with Crippen LogP contribution in [0, 0.1) is 13.8 Å². The van der Waals surface area contributed by atoms with Gasteiger partial charge in [-0.3, -0.25) is 9.69 Å².